The Morgan fingerprint density at radius 2 is 1.92 bits per heavy atom. The highest BCUT2D eigenvalue weighted by atomic mass is 32.2. The van der Waals surface area contributed by atoms with Crippen molar-refractivity contribution in [2.45, 2.75) is 17.5 Å². The first-order valence-corrected chi connectivity index (χ1v) is 9.64. The first-order chi connectivity index (χ1) is 12.5. The lowest BCUT2D eigenvalue weighted by molar-refractivity contribution is -0.140. The minimum atomic E-state index is -3.76. The zero-order chi connectivity index (χ0) is 19.0. The smallest absolute Gasteiger partial charge is 0.309 e. The molecule has 0 bridgehead atoms. The molecule has 0 unspecified atom stereocenters. The third-order valence-corrected chi connectivity index (χ3v) is 5.64. The molecule has 2 amide bonds. The molecule has 0 saturated carbocycles. The fourth-order valence-corrected chi connectivity index (χ4v) is 4.02. The van der Waals surface area contributed by atoms with Gasteiger partial charge in [0.1, 0.15) is 6.23 Å². The molecule has 1 fully saturated rings. The Morgan fingerprint density at radius 1 is 1.23 bits per heavy atom. The number of ether oxygens (including phenoxy) is 2. The molecule has 1 aromatic carbocycles. The number of carbonyl (C=O) groups excluding carboxylic acids is 2. The van der Waals surface area contributed by atoms with Crippen LogP contribution in [0.15, 0.2) is 35.2 Å². The summed E-state index contributed by atoms with van der Waals surface area (Å²) in [6, 6.07) is 8.01. The van der Waals surface area contributed by atoms with Crippen molar-refractivity contribution in [2.75, 3.05) is 40.0 Å². The van der Waals surface area contributed by atoms with Crippen LogP contribution in [0, 0.1) is 0 Å². The van der Waals surface area contributed by atoms with Crippen molar-refractivity contribution in [1.29, 1.82) is 0 Å². The summed E-state index contributed by atoms with van der Waals surface area (Å²) in [7, 11) is -2.28. The van der Waals surface area contributed by atoms with Gasteiger partial charge < -0.3 is 20.1 Å². The molecule has 1 aromatic rings. The van der Waals surface area contributed by atoms with E-state index in [4.69, 9.17) is 9.47 Å². The van der Waals surface area contributed by atoms with E-state index in [0.29, 0.717) is 13.0 Å². The molecular weight excluding hydrogens is 362 g/mol. The zero-order valence-corrected chi connectivity index (χ0v) is 15.3. The summed E-state index contributed by atoms with van der Waals surface area (Å²) in [6.07, 6.45) is -0.321. The molecule has 1 aliphatic rings. The Kier molecular flexibility index (Phi) is 7.51. The molecule has 0 aliphatic carbocycles. The van der Waals surface area contributed by atoms with Crippen molar-refractivity contribution in [1.82, 2.24) is 14.9 Å². The SMILES string of the molecule is COCCNC(=O)C(=O)NC[C@@H]1OCCCN1S(=O)(=O)c1ccccc1. The number of amides is 2. The van der Waals surface area contributed by atoms with E-state index < -0.39 is 28.1 Å². The van der Waals surface area contributed by atoms with E-state index in [0.717, 1.165) is 0 Å². The van der Waals surface area contributed by atoms with Crippen LogP contribution in [-0.2, 0) is 29.1 Å². The normalized spacial score (nSPS) is 18.3. The van der Waals surface area contributed by atoms with E-state index in [1.807, 2.05) is 0 Å². The van der Waals surface area contributed by atoms with Gasteiger partial charge in [0.05, 0.1) is 24.7 Å². The summed E-state index contributed by atoms with van der Waals surface area (Å²) >= 11 is 0. The molecule has 2 N–H and O–H groups in total. The second-order valence-electron chi connectivity index (χ2n) is 5.57. The molecule has 0 spiro atoms. The quantitative estimate of drug-likeness (QED) is 0.474. The third-order valence-electron chi connectivity index (χ3n) is 3.74. The van der Waals surface area contributed by atoms with Gasteiger partial charge in [-0.1, -0.05) is 18.2 Å². The maximum Gasteiger partial charge on any atom is 0.309 e. The van der Waals surface area contributed by atoms with Gasteiger partial charge in [-0.15, -0.1) is 0 Å². The number of sulfonamides is 1. The third kappa shape index (κ3) is 5.24. The second kappa shape index (κ2) is 9.62. The topological polar surface area (TPSA) is 114 Å². The van der Waals surface area contributed by atoms with Crippen LogP contribution in [0.2, 0.25) is 0 Å². The molecule has 1 saturated heterocycles. The van der Waals surface area contributed by atoms with E-state index in [1.165, 1.54) is 23.5 Å². The van der Waals surface area contributed by atoms with Gasteiger partial charge in [-0.2, -0.15) is 4.31 Å². The Labute approximate surface area is 152 Å². The molecule has 0 radical (unpaired) electrons. The van der Waals surface area contributed by atoms with Crippen molar-refractivity contribution in [3.05, 3.63) is 30.3 Å². The van der Waals surface area contributed by atoms with Crippen LogP contribution in [-0.4, -0.2) is 70.7 Å². The Morgan fingerprint density at radius 3 is 2.62 bits per heavy atom. The van der Waals surface area contributed by atoms with Crippen LogP contribution < -0.4 is 10.6 Å². The average Bonchev–Trinajstić information content (AvgIpc) is 2.67. The summed E-state index contributed by atoms with van der Waals surface area (Å²) in [5.41, 5.74) is 0. The van der Waals surface area contributed by atoms with E-state index in [2.05, 4.69) is 10.6 Å². The molecule has 144 valence electrons. The van der Waals surface area contributed by atoms with E-state index in [-0.39, 0.29) is 31.1 Å². The number of nitrogens with one attached hydrogen (secondary N) is 2. The van der Waals surface area contributed by atoms with Crippen LogP contribution in [0.3, 0.4) is 0 Å². The minimum absolute atomic E-state index is 0.122. The van der Waals surface area contributed by atoms with Gasteiger partial charge in [-0.25, -0.2) is 8.42 Å². The minimum Gasteiger partial charge on any atom is -0.383 e. The molecule has 2 rings (SSSR count). The summed E-state index contributed by atoms with van der Waals surface area (Å²) in [4.78, 5) is 23.6. The average molecular weight is 385 g/mol. The maximum atomic E-state index is 12.8. The second-order valence-corrected chi connectivity index (χ2v) is 7.46. The fourth-order valence-electron chi connectivity index (χ4n) is 2.44. The lowest BCUT2D eigenvalue weighted by atomic mass is 10.3. The lowest BCUT2D eigenvalue weighted by Crippen LogP contribution is -2.53. The van der Waals surface area contributed by atoms with Crippen molar-refractivity contribution >= 4 is 21.8 Å². The highest BCUT2D eigenvalue weighted by Gasteiger charge is 2.34. The number of benzene rings is 1. The van der Waals surface area contributed by atoms with Gasteiger partial charge in [0, 0.05) is 20.2 Å². The molecule has 1 aliphatic heterocycles. The molecule has 1 atom stereocenters. The number of hydrogen-bond donors (Lipinski definition) is 2. The Hall–Kier alpha value is -2.01. The Bertz CT molecular complexity index is 710. The lowest BCUT2D eigenvalue weighted by Gasteiger charge is -2.34. The largest absolute Gasteiger partial charge is 0.383 e. The molecule has 26 heavy (non-hydrogen) atoms. The van der Waals surface area contributed by atoms with Crippen molar-refractivity contribution < 1.29 is 27.5 Å². The summed E-state index contributed by atoms with van der Waals surface area (Å²) in [6.45, 7) is 1.02. The summed E-state index contributed by atoms with van der Waals surface area (Å²) < 4.78 is 37.1. The van der Waals surface area contributed by atoms with Crippen LogP contribution in [0.5, 0.6) is 0 Å². The molecule has 1 heterocycles. The molecular formula is C16H23N3O6S. The van der Waals surface area contributed by atoms with Gasteiger partial charge in [-0.05, 0) is 18.6 Å². The highest BCUT2D eigenvalue weighted by molar-refractivity contribution is 7.89. The van der Waals surface area contributed by atoms with Crippen molar-refractivity contribution in [3.63, 3.8) is 0 Å². The number of hydrogen-bond acceptors (Lipinski definition) is 6. The van der Waals surface area contributed by atoms with Gasteiger partial charge in [-0.3, -0.25) is 9.59 Å². The predicted molar refractivity (Wildman–Crippen MR) is 92.6 cm³/mol. The molecule has 10 heteroatoms. The van der Waals surface area contributed by atoms with Crippen LogP contribution in [0.4, 0.5) is 0 Å². The van der Waals surface area contributed by atoms with Crippen molar-refractivity contribution in [2.24, 2.45) is 0 Å². The highest BCUT2D eigenvalue weighted by Crippen LogP contribution is 2.21. The van der Waals surface area contributed by atoms with Gasteiger partial charge in [0.2, 0.25) is 10.0 Å². The predicted octanol–water partition coefficient (Wildman–Crippen LogP) is -0.697. The number of methoxy groups -OCH3 is 1. The van der Waals surface area contributed by atoms with Crippen LogP contribution in [0.1, 0.15) is 6.42 Å². The fraction of sp³-hybridized carbons (Fsp3) is 0.500. The standard InChI is InChI=1S/C16H23N3O6S/c1-24-11-8-17-15(20)16(21)18-12-14-19(9-5-10-25-14)26(22,23)13-6-3-2-4-7-13/h2-4,6-7,14H,5,8-12H2,1H3,(H,17,20)(H,18,21)/t14-/m0/s1. The summed E-state index contributed by atoms with van der Waals surface area (Å²) in [5.74, 6) is -1.66. The van der Waals surface area contributed by atoms with E-state index in [1.54, 1.807) is 18.2 Å². The first-order valence-electron chi connectivity index (χ1n) is 8.20. The molecule has 0 aromatic heterocycles. The van der Waals surface area contributed by atoms with Gasteiger partial charge >= 0.3 is 11.8 Å². The molecule has 9 nitrogen and oxygen atoms in total. The van der Waals surface area contributed by atoms with Crippen molar-refractivity contribution in [3.8, 4) is 0 Å². The number of rotatable bonds is 7. The summed E-state index contributed by atoms with van der Waals surface area (Å²) in [5, 5.41) is 4.80. The van der Waals surface area contributed by atoms with Crippen LogP contribution >= 0.6 is 0 Å². The number of nitrogens with zero attached hydrogens (tertiary/aromatic N) is 1. The maximum absolute atomic E-state index is 12.8. The van der Waals surface area contributed by atoms with Gasteiger partial charge in [0.15, 0.2) is 0 Å². The first kappa shape index (κ1) is 20.3. The zero-order valence-electron chi connectivity index (χ0n) is 14.5. The number of carbonyl (C=O) groups is 2. The van der Waals surface area contributed by atoms with E-state index in [9.17, 15) is 18.0 Å². The van der Waals surface area contributed by atoms with Crippen LogP contribution in [0.25, 0.3) is 0 Å². The Balaban J connectivity index is 1.99. The van der Waals surface area contributed by atoms with Gasteiger partial charge in [0.25, 0.3) is 0 Å². The monoisotopic (exact) mass is 385 g/mol. The van der Waals surface area contributed by atoms with E-state index >= 15 is 0 Å².